The van der Waals surface area contributed by atoms with E-state index in [4.69, 9.17) is 4.74 Å². The van der Waals surface area contributed by atoms with Gasteiger partial charge in [-0.1, -0.05) is 50.6 Å². The lowest BCUT2D eigenvalue weighted by molar-refractivity contribution is 0.171. The van der Waals surface area contributed by atoms with E-state index >= 15 is 0 Å². The summed E-state index contributed by atoms with van der Waals surface area (Å²) in [5.41, 5.74) is 3.70. The Bertz CT molecular complexity index is 998. The van der Waals surface area contributed by atoms with Gasteiger partial charge in [-0.15, -0.1) is 5.10 Å². The van der Waals surface area contributed by atoms with Gasteiger partial charge < -0.3 is 15.2 Å². The Labute approximate surface area is 175 Å². The Hall–Kier alpha value is -3.26. The van der Waals surface area contributed by atoms with E-state index in [-0.39, 0.29) is 18.6 Å². The van der Waals surface area contributed by atoms with Crippen molar-refractivity contribution < 1.29 is 14.6 Å². The van der Waals surface area contributed by atoms with Crippen LogP contribution in [-0.4, -0.2) is 44.1 Å². The van der Waals surface area contributed by atoms with Crippen LogP contribution in [0.15, 0.2) is 42.5 Å². The van der Waals surface area contributed by atoms with Crippen molar-refractivity contribution in [1.82, 2.24) is 25.5 Å². The molecule has 0 radical (unpaired) electrons. The minimum absolute atomic E-state index is 0.0744. The van der Waals surface area contributed by atoms with Gasteiger partial charge in [-0.05, 0) is 46.5 Å². The number of hydrogen-bond acceptors (Lipinski definition) is 6. The Balaban J connectivity index is 1.97. The first kappa shape index (κ1) is 21.4. The Morgan fingerprint density at radius 3 is 2.53 bits per heavy atom. The van der Waals surface area contributed by atoms with Crippen molar-refractivity contribution in [3.8, 4) is 22.6 Å². The first-order valence-corrected chi connectivity index (χ1v) is 10.00. The number of aliphatic hydroxyl groups is 1. The fourth-order valence-corrected chi connectivity index (χ4v) is 3.01. The maximum absolute atomic E-state index is 12.4. The minimum Gasteiger partial charge on any atom is -0.410 e. The molecule has 0 fully saturated rings. The SMILES string of the molecule is CCc1nnnn1-c1cc(OC(=O)NC(CO)C(C)C)cc(-c2ccc(C)cc2)c1. The zero-order chi connectivity index (χ0) is 21.7. The van der Waals surface area contributed by atoms with Crippen LogP contribution in [0.4, 0.5) is 4.79 Å². The van der Waals surface area contributed by atoms with Crippen molar-refractivity contribution in [2.45, 2.75) is 40.2 Å². The van der Waals surface area contributed by atoms with Crippen molar-refractivity contribution in [3.05, 3.63) is 53.9 Å². The molecule has 1 atom stereocenters. The summed E-state index contributed by atoms with van der Waals surface area (Å²) in [4.78, 5) is 12.4. The van der Waals surface area contributed by atoms with Gasteiger partial charge >= 0.3 is 6.09 Å². The monoisotopic (exact) mass is 409 g/mol. The first-order valence-electron chi connectivity index (χ1n) is 10.00. The maximum atomic E-state index is 12.4. The highest BCUT2D eigenvalue weighted by molar-refractivity contribution is 5.74. The molecular formula is C22H27N5O3. The van der Waals surface area contributed by atoms with Crippen LogP contribution in [0, 0.1) is 12.8 Å². The number of aliphatic hydroxyl groups excluding tert-OH is 1. The van der Waals surface area contributed by atoms with Crippen molar-refractivity contribution in [3.63, 3.8) is 0 Å². The van der Waals surface area contributed by atoms with Crippen LogP contribution >= 0.6 is 0 Å². The number of aromatic nitrogens is 4. The second-order valence-electron chi connectivity index (χ2n) is 7.51. The molecule has 8 heteroatoms. The minimum atomic E-state index is -0.623. The predicted molar refractivity (Wildman–Crippen MR) is 114 cm³/mol. The van der Waals surface area contributed by atoms with Crippen LogP contribution in [0.25, 0.3) is 16.8 Å². The van der Waals surface area contributed by atoms with E-state index in [9.17, 15) is 9.90 Å². The fourth-order valence-electron chi connectivity index (χ4n) is 3.01. The van der Waals surface area contributed by atoms with Gasteiger partial charge in [0.15, 0.2) is 5.82 Å². The van der Waals surface area contributed by atoms with Crippen molar-refractivity contribution in [2.75, 3.05) is 6.61 Å². The van der Waals surface area contributed by atoms with Gasteiger partial charge in [0, 0.05) is 12.5 Å². The van der Waals surface area contributed by atoms with Crippen LogP contribution in [0.1, 0.15) is 32.2 Å². The van der Waals surface area contributed by atoms with Gasteiger partial charge in [-0.3, -0.25) is 0 Å². The molecule has 30 heavy (non-hydrogen) atoms. The average Bonchev–Trinajstić information content (AvgIpc) is 3.21. The van der Waals surface area contributed by atoms with E-state index in [0.717, 1.165) is 16.7 Å². The quantitative estimate of drug-likeness (QED) is 0.621. The number of nitrogens with one attached hydrogen (secondary N) is 1. The van der Waals surface area contributed by atoms with Gasteiger partial charge in [0.05, 0.1) is 18.3 Å². The molecule has 3 rings (SSSR count). The summed E-state index contributed by atoms with van der Waals surface area (Å²) in [6.45, 7) is 7.67. The molecule has 0 bridgehead atoms. The molecule has 0 saturated heterocycles. The van der Waals surface area contributed by atoms with Crippen molar-refractivity contribution in [1.29, 1.82) is 0 Å². The van der Waals surface area contributed by atoms with Crippen molar-refractivity contribution >= 4 is 6.09 Å². The van der Waals surface area contributed by atoms with E-state index in [0.29, 0.717) is 23.7 Å². The number of amides is 1. The number of carbonyl (C=O) groups is 1. The fraction of sp³-hybridized carbons (Fsp3) is 0.364. The van der Waals surface area contributed by atoms with Gasteiger partial charge in [0.25, 0.3) is 0 Å². The molecule has 0 aliphatic heterocycles. The Kier molecular flexibility index (Phi) is 6.79. The largest absolute Gasteiger partial charge is 0.412 e. The summed E-state index contributed by atoms with van der Waals surface area (Å²) < 4.78 is 7.18. The van der Waals surface area contributed by atoms with Gasteiger partial charge in [-0.25, -0.2) is 4.79 Å². The summed E-state index contributed by atoms with van der Waals surface area (Å²) >= 11 is 0. The van der Waals surface area contributed by atoms with Gasteiger partial charge in [0.2, 0.25) is 0 Å². The number of ether oxygens (including phenoxy) is 1. The molecule has 2 aromatic carbocycles. The number of nitrogens with zero attached hydrogens (tertiary/aromatic N) is 4. The number of carbonyl (C=O) groups excluding carboxylic acids is 1. The number of tetrazole rings is 1. The van der Waals surface area contributed by atoms with Gasteiger partial charge in [-0.2, -0.15) is 4.68 Å². The van der Waals surface area contributed by atoms with Crippen LogP contribution in [0.3, 0.4) is 0 Å². The lowest BCUT2D eigenvalue weighted by Gasteiger charge is -2.19. The maximum Gasteiger partial charge on any atom is 0.412 e. The highest BCUT2D eigenvalue weighted by Gasteiger charge is 2.18. The molecule has 0 aliphatic rings. The molecule has 2 N–H and O–H groups in total. The van der Waals surface area contributed by atoms with E-state index in [1.807, 2.05) is 58.0 Å². The lowest BCUT2D eigenvalue weighted by Crippen LogP contribution is -2.42. The molecule has 8 nitrogen and oxygen atoms in total. The summed E-state index contributed by atoms with van der Waals surface area (Å²) in [5.74, 6) is 1.13. The third-order valence-corrected chi connectivity index (χ3v) is 4.89. The third-order valence-electron chi connectivity index (χ3n) is 4.89. The molecule has 1 unspecified atom stereocenters. The van der Waals surface area contributed by atoms with Crippen LogP contribution in [-0.2, 0) is 6.42 Å². The standard InChI is InChI=1S/C22H27N5O3/c1-5-21-24-25-26-27(21)18-10-17(16-8-6-15(4)7-9-16)11-19(12-18)30-22(29)23-20(13-28)14(2)3/h6-12,14,20,28H,5,13H2,1-4H3,(H,23,29). The second kappa shape index (κ2) is 9.49. The number of hydrogen-bond donors (Lipinski definition) is 2. The highest BCUT2D eigenvalue weighted by Crippen LogP contribution is 2.28. The average molecular weight is 409 g/mol. The first-order chi connectivity index (χ1) is 14.4. The molecule has 158 valence electrons. The molecule has 1 amide bonds. The summed E-state index contributed by atoms with van der Waals surface area (Å²) in [7, 11) is 0. The van der Waals surface area contributed by atoms with Crippen LogP contribution in [0.5, 0.6) is 5.75 Å². The molecule has 0 spiro atoms. The van der Waals surface area contributed by atoms with E-state index < -0.39 is 6.09 Å². The normalized spacial score (nSPS) is 12.1. The van der Waals surface area contributed by atoms with E-state index in [2.05, 4.69) is 20.8 Å². The zero-order valence-corrected chi connectivity index (χ0v) is 17.7. The number of benzene rings is 2. The van der Waals surface area contributed by atoms with E-state index in [1.54, 1.807) is 16.8 Å². The van der Waals surface area contributed by atoms with Crippen molar-refractivity contribution in [2.24, 2.45) is 5.92 Å². The topological polar surface area (TPSA) is 102 Å². The molecule has 0 saturated carbocycles. The highest BCUT2D eigenvalue weighted by atomic mass is 16.6. The molecular weight excluding hydrogens is 382 g/mol. The molecule has 1 heterocycles. The van der Waals surface area contributed by atoms with E-state index in [1.165, 1.54) is 0 Å². The lowest BCUT2D eigenvalue weighted by atomic mass is 10.0. The second-order valence-corrected chi connectivity index (χ2v) is 7.51. The molecule has 3 aromatic rings. The smallest absolute Gasteiger partial charge is 0.410 e. The van der Waals surface area contributed by atoms with Gasteiger partial charge in [0.1, 0.15) is 5.75 Å². The Morgan fingerprint density at radius 1 is 1.17 bits per heavy atom. The molecule has 1 aromatic heterocycles. The number of rotatable bonds is 7. The third kappa shape index (κ3) is 5.01. The van der Waals surface area contributed by atoms with Crippen LogP contribution in [0.2, 0.25) is 0 Å². The Morgan fingerprint density at radius 2 is 1.90 bits per heavy atom. The molecule has 0 aliphatic carbocycles. The zero-order valence-electron chi connectivity index (χ0n) is 17.7. The summed E-state index contributed by atoms with van der Waals surface area (Å²) in [5, 5.41) is 24.0. The summed E-state index contributed by atoms with van der Waals surface area (Å²) in [6.07, 6.45) is 0.0348. The predicted octanol–water partition coefficient (Wildman–Crippen LogP) is 3.31. The van der Waals surface area contributed by atoms with Crippen LogP contribution < -0.4 is 10.1 Å². The summed E-state index contributed by atoms with van der Waals surface area (Å²) in [6, 6.07) is 13.2. The number of aryl methyl sites for hydroxylation is 2.